The number of piperazine rings is 1. The number of amides is 4. The molecule has 4 amide bonds. The van der Waals surface area contributed by atoms with Crippen LogP contribution in [0.5, 0.6) is 5.75 Å². The van der Waals surface area contributed by atoms with Gasteiger partial charge in [-0.2, -0.15) is 5.10 Å². The molecule has 2 aromatic heterocycles. The zero-order valence-electron chi connectivity index (χ0n) is 33.0. The van der Waals surface area contributed by atoms with Crippen LogP contribution in [0.4, 0.5) is 5.69 Å². The van der Waals surface area contributed by atoms with Crippen LogP contribution in [0.15, 0.2) is 96.5 Å². The predicted molar refractivity (Wildman–Crippen MR) is 222 cm³/mol. The quantitative estimate of drug-likeness (QED) is 0.0729. The molecule has 0 radical (unpaired) electrons. The standard InChI is InChI=1S/C45H44N8O7/c54-40-14-13-39(43(55)47-40)53-44(56)35-3-1-4-38(41(35)45(53)57)51-22-20-50(21-23-51)19-2-24-59-25-26-60-33-9-7-32(8-10-33)52-28-36(42(48-52)29-15-17-46-18-16-29)31-5-11-34-30(27-31)6-12-37(34)49-58/h1,3-5,7-11,15-18,27-28,39,58H,2,6,12-14,19-26H2,(H,47,54,55)/b49-37+. The summed E-state index contributed by atoms with van der Waals surface area (Å²) in [4.78, 5) is 60.7. The van der Waals surface area contributed by atoms with Crippen molar-refractivity contribution in [2.45, 2.75) is 38.1 Å². The number of carbonyl (C=O) groups excluding carboxylic acids is 4. The Hall–Kier alpha value is -6.71. The Balaban J connectivity index is 0.730. The number of nitrogens with one attached hydrogen (secondary N) is 1. The Bertz CT molecular complexity index is 2480. The molecule has 60 heavy (non-hydrogen) atoms. The predicted octanol–water partition coefficient (Wildman–Crippen LogP) is 4.73. The summed E-state index contributed by atoms with van der Waals surface area (Å²) in [5, 5.41) is 20.1. The third-order valence-electron chi connectivity index (χ3n) is 11.7. The minimum absolute atomic E-state index is 0.0846. The van der Waals surface area contributed by atoms with Gasteiger partial charge in [0.05, 0.1) is 34.8 Å². The number of anilines is 1. The van der Waals surface area contributed by atoms with Crippen LogP contribution in [0.2, 0.25) is 0 Å². The molecular weight excluding hydrogens is 765 g/mol. The summed E-state index contributed by atoms with van der Waals surface area (Å²) in [6, 6.07) is 22.2. The molecule has 306 valence electrons. The van der Waals surface area contributed by atoms with E-state index in [2.05, 4.69) is 37.4 Å². The number of aryl methyl sites for hydroxylation is 1. The number of carbonyl (C=O) groups is 4. The molecule has 9 rings (SSSR count). The number of benzene rings is 3. The Morgan fingerprint density at radius 3 is 2.40 bits per heavy atom. The molecule has 15 nitrogen and oxygen atoms in total. The van der Waals surface area contributed by atoms with Gasteiger partial charge in [0.1, 0.15) is 24.1 Å². The second-order valence-electron chi connectivity index (χ2n) is 15.3. The molecule has 5 heterocycles. The van der Waals surface area contributed by atoms with Gasteiger partial charge >= 0.3 is 0 Å². The van der Waals surface area contributed by atoms with Crippen LogP contribution >= 0.6 is 0 Å². The molecule has 5 aromatic rings. The zero-order chi connectivity index (χ0) is 41.2. The Morgan fingerprint density at radius 1 is 0.800 bits per heavy atom. The van der Waals surface area contributed by atoms with Crippen molar-refractivity contribution in [1.29, 1.82) is 0 Å². The first kappa shape index (κ1) is 38.8. The minimum Gasteiger partial charge on any atom is -0.491 e. The zero-order valence-corrected chi connectivity index (χ0v) is 33.0. The maximum absolute atomic E-state index is 13.6. The van der Waals surface area contributed by atoms with E-state index in [0.29, 0.717) is 49.7 Å². The fourth-order valence-electron chi connectivity index (χ4n) is 8.56. The summed E-state index contributed by atoms with van der Waals surface area (Å²) < 4.78 is 13.8. The van der Waals surface area contributed by atoms with Crippen LogP contribution in [0.1, 0.15) is 57.5 Å². The van der Waals surface area contributed by atoms with Crippen molar-refractivity contribution in [1.82, 2.24) is 29.9 Å². The monoisotopic (exact) mass is 808 g/mol. The molecule has 2 fully saturated rings. The lowest BCUT2D eigenvalue weighted by atomic mass is 9.98. The van der Waals surface area contributed by atoms with Gasteiger partial charge in [0.2, 0.25) is 11.8 Å². The molecule has 0 bridgehead atoms. The van der Waals surface area contributed by atoms with Gasteiger partial charge in [0.25, 0.3) is 11.8 Å². The van der Waals surface area contributed by atoms with Crippen LogP contribution in [0.25, 0.3) is 28.1 Å². The first-order valence-electron chi connectivity index (χ1n) is 20.3. The van der Waals surface area contributed by atoms with E-state index >= 15 is 0 Å². The Kier molecular flexibility index (Phi) is 10.9. The number of aromatic nitrogens is 3. The second kappa shape index (κ2) is 16.9. The highest BCUT2D eigenvalue weighted by molar-refractivity contribution is 6.25. The third kappa shape index (κ3) is 7.64. The highest BCUT2D eigenvalue weighted by atomic mass is 16.5. The summed E-state index contributed by atoms with van der Waals surface area (Å²) in [6.45, 7) is 5.31. The number of rotatable bonds is 13. The van der Waals surface area contributed by atoms with E-state index in [4.69, 9.17) is 14.6 Å². The normalized spacial score (nSPS) is 18.6. The molecule has 3 aromatic carbocycles. The first-order chi connectivity index (χ1) is 29.4. The SMILES string of the molecule is O=C1CCC(N2C(=O)c3cccc(N4CCN(CCCOCCOc5ccc(-n6cc(-c7ccc8c(c7)CC/C8=N\O)c(-c7ccncc7)n6)cc5)CC4)c3C2=O)C(=O)N1. The van der Waals surface area contributed by atoms with Crippen LogP contribution in [0, 0.1) is 0 Å². The van der Waals surface area contributed by atoms with Crippen molar-refractivity contribution in [2.24, 2.45) is 5.16 Å². The molecule has 1 atom stereocenters. The Morgan fingerprint density at radius 2 is 1.62 bits per heavy atom. The number of hydrogen-bond acceptors (Lipinski definition) is 12. The largest absolute Gasteiger partial charge is 0.491 e. The van der Waals surface area contributed by atoms with Crippen LogP contribution < -0.4 is 15.0 Å². The molecule has 1 unspecified atom stereocenters. The minimum atomic E-state index is -0.988. The molecule has 3 aliphatic heterocycles. The number of oxime groups is 1. The van der Waals surface area contributed by atoms with Gasteiger partial charge in [0, 0.05) is 81.0 Å². The van der Waals surface area contributed by atoms with E-state index in [0.717, 1.165) is 94.5 Å². The third-order valence-corrected chi connectivity index (χ3v) is 11.7. The van der Waals surface area contributed by atoms with E-state index in [1.807, 2.05) is 59.4 Å². The summed E-state index contributed by atoms with van der Waals surface area (Å²) >= 11 is 0. The van der Waals surface area contributed by atoms with Gasteiger partial charge in [-0.1, -0.05) is 29.4 Å². The number of fused-ring (bicyclic) bond motifs is 2. The maximum Gasteiger partial charge on any atom is 0.264 e. The van der Waals surface area contributed by atoms with E-state index < -0.39 is 29.7 Å². The van der Waals surface area contributed by atoms with E-state index in [1.165, 1.54) is 0 Å². The van der Waals surface area contributed by atoms with E-state index in [1.54, 1.807) is 24.5 Å². The summed E-state index contributed by atoms with van der Waals surface area (Å²) in [5.74, 6) is -1.25. The smallest absolute Gasteiger partial charge is 0.264 e. The fraction of sp³-hybridized carbons (Fsp3) is 0.311. The molecule has 2 saturated heterocycles. The molecule has 2 N–H and O–H groups in total. The molecule has 1 aliphatic carbocycles. The van der Waals surface area contributed by atoms with Crippen molar-refractivity contribution in [3.63, 3.8) is 0 Å². The molecule has 15 heteroatoms. The number of pyridine rings is 1. The summed E-state index contributed by atoms with van der Waals surface area (Å²) in [5.41, 5.74) is 8.93. The van der Waals surface area contributed by atoms with Gasteiger partial charge in [-0.15, -0.1) is 0 Å². The second-order valence-corrected chi connectivity index (χ2v) is 15.3. The molecule has 0 saturated carbocycles. The van der Waals surface area contributed by atoms with Gasteiger partial charge in [-0.25, -0.2) is 4.68 Å². The van der Waals surface area contributed by atoms with Gasteiger partial charge in [0.15, 0.2) is 0 Å². The molecule has 4 aliphatic rings. The van der Waals surface area contributed by atoms with Gasteiger partial charge < -0.3 is 19.6 Å². The number of ether oxygens (including phenoxy) is 2. The number of hydrogen-bond donors (Lipinski definition) is 2. The average Bonchev–Trinajstić information content (AvgIpc) is 3.98. The lowest BCUT2D eigenvalue weighted by Gasteiger charge is -2.36. The van der Waals surface area contributed by atoms with Crippen LogP contribution in [0.3, 0.4) is 0 Å². The topological polar surface area (TPSA) is 172 Å². The molecule has 0 spiro atoms. The number of imide groups is 2. The average molecular weight is 809 g/mol. The summed E-state index contributed by atoms with van der Waals surface area (Å²) in [6.07, 6.45) is 8.20. The summed E-state index contributed by atoms with van der Waals surface area (Å²) in [7, 11) is 0. The van der Waals surface area contributed by atoms with Crippen molar-refractivity contribution in [3.8, 4) is 33.8 Å². The van der Waals surface area contributed by atoms with E-state index in [9.17, 15) is 24.4 Å². The maximum atomic E-state index is 13.6. The van der Waals surface area contributed by atoms with Gasteiger partial charge in [-0.05, 0) is 85.3 Å². The lowest BCUT2D eigenvalue weighted by molar-refractivity contribution is -0.136. The van der Waals surface area contributed by atoms with E-state index in [-0.39, 0.29) is 12.8 Å². The van der Waals surface area contributed by atoms with Crippen LogP contribution in [-0.2, 0) is 20.7 Å². The Labute approximate surface area is 346 Å². The number of piperidine rings is 1. The van der Waals surface area contributed by atoms with Gasteiger partial charge in [-0.3, -0.25) is 39.3 Å². The van der Waals surface area contributed by atoms with Crippen molar-refractivity contribution in [2.75, 3.05) is 57.4 Å². The number of nitrogens with zero attached hydrogens (tertiary/aromatic N) is 7. The highest BCUT2D eigenvalue weighted by Crippen LogP contribution is 2.36. The van der Waals surface area contributed by atoms with Crippen LogP contribution in [-0.4, -0.2) is 118 Å². The van der Waals surface area contributed by atoms with Crippen molar-refractivity contribution >= 4 is 35.0 Å². The highest BCUT2D eigenvalue weighted by Gasteiger charge is 2.46. The molecular formula is C45H44N8O7. The van der Waals surface area contributed by atoms with Crippen molar-refractivity contribution in [3.05, 3.63) is 114 Å². The fourth-order valence-corrected chi connectivity index (χ4v) is 8.56. The lowest BCUT2D eigenvalue weighted by Crippen LogP contribution is -2.54. The van der Waals surface area contributed by atoms with Crippen molar-refractivity contribution < 1.29 is 33.9 Å². The first-order valence-corrected chi connectivity index (χ1v) is 20.3.